The molecule has 0 aliphatic rings. The van der Waals surface area contributed by atoms with Gasteiger partial charge in [-0.3, -0.25) is 4.79 Å². The van der Waals surface area contributed by atoms with Crippen molar-refractivity contribution in [3.63, 3.8) is 0 Å². The number of nitrogens with zero attached hydrogens (tertiary/aromatic N) is 1. The van der Waals surface area contributed by atoms with Crippen LogP contribution >= 0.6 is 11.8 Å². The van der Waals surface area contributed by atoms with Gasteiger partial charge in [0.2, 0.25) is 0 Å². The van der Waals surface area contributed by atoms with Crippen LogP contribution in [0.4, 0.5) is 0 Å². The lowest BCUT2D eigenvalue weighted by Crippen LogP contribution is -2.19. The van der Waals surface area contributed by atoms with E-state index in [1.807, 2.05) is 44.4 Å². The molecule has 0 atom stereocenters. The second-order valence-corrected chi connectivity index (χ2v) is 6.54. The van der Waals surface area contributed by atoms with Gasteiger partial charge in [-0.15, -0.1) is 0 Å². The molecule has 0 saturated carbocycles. The van der Waals surface area contributed by atoms with Crippen LogP contribution in [0.5, 0.6) is 5.75 Å². The van der Waals surface area contributed by atoms with Gasteiger partial charge in [0.15, 0.2) is 5.16 Å². The summed E-state index contributed by atoms with van der Waals surface area (Å²) in [5.74, 6) is 0.833. The van der Waals surface area contributed by atoms with Gasteiger partial charge in [0.25, 0.3) is 5.56 Å². The fraction of sp³-hybridized carbons (Fsp3) is 0.444. The Labute approximate surface area is 141 Å². The third-order valence-corrected chi connectivity index (χ3v) is 3.99. The van der Waals surface area contributed by atoms with E-state index in [0.29, 0.717) is 11.6 Å². The van der Waals surface area contributed by atoms with Crippen LogP contribution in [0.1, 0.15) is 44.0 Å². The molecular formula is C18H24N2O2S. The first-order chi connectivity index (χ1) is 11.0. The first-order valence-corrected chi connectivity index (χ1v) is 9.17. The van der Waals surface area contributed by atoms with E-state index in [1.165, 1.54) is 11.8 Å². The van der Waals surface area contributed by atoms with Crippen molar-refractivity contribution in [2.75, 3.05) is 6.26 Å². The van der Waals surface area contributed by atoms with Crippen molar-refractivity contribution in [1.29, 1.82) is 0 Å². The molecule has 0 fully saturated rings. The summed E-state index contributed by atoms with van der Waals surface area (Å²) in [6.07, 6.45) is 4.40. The predicted octanol–water partition coefficient (Wildman–Crippen LogP) is 3.82. The van der Waals surface area contributed by atoms with Crippen molar-refractivity contribution in [2.24, 2.45) is 0 Å². The fourth-order valence-corrected chi connectivity index (χ4v) is 2.85. The minimum Gasteiger partial charge on any atom is -0.491 e. The molecule has 1 heterocycles. The van der Waals surface area contributed by atoms with E-state index in [4.69, 9.17) is 4.74 Å². The number of nitrogens with one attached hydrogen (secondary N) is 1. The Balaban J connectivity index is 2.34. The molecule has 0 radical (unpaired) electrons. The second-order valence-electron chi connectivity index (χ2n) is 5.74. The zero-order valence-corrected chi connectivity index (χ0v) is 15.0. The van der Waals surface area contributed by atoms with E-state index in [0.717, 1.165) is 35.4 Å². The summed E-state index contributed by atoms with van der Waals surface area (Å²) >= 11 is 1.46. The molecule has 0 aliphatic heterocycles. The first-order valence-electron chi connectivity index (χ1n) is 7.95. The summed E-state index contributed by atoms with van der Waals surface area (Å²) in [5.41, 5.74) is 2.68. The van der Waals surface area contributed by atoms with Gasteiger partial charge in [-0.25, -0.2) is 4.98 Å². The highest BCUT2D eigenvalue weighted by atomic mass is 32.2. The highest BCUT2D eigenvalue weighted by Gasteiger charge is 2.12. The van der Waals surface area contributed by atoms with Crippen LogP contribution in [0, 0.1) is 0 Å². The molecule has 0 saturated heterocycles. The topological polar surface area (TPSA) is 55.0 Å². The van der Waals surface area contributed by atoms with Crippen molar-refractivity contribution < 1.29 is 4.74 Å². The van der Waals surface area contributed by atoms with E-state index in [-0.39, 0.29) is 11.7 Å². The van der Waals surface area contributed by atoms with E-state index in [9.17, 15) is 4.79 Å². The Morgan fingerprint density at radius 3 is 2.78 bits per heavy atom. The van der Waals surface area contributed by atoms with E-state index < -0.39 is 0 Å². The van der Waals surface area contributed by atoms with Crippen LogP contribution in [0.3, 0.4) is 0 Å². The van der Waals surface area contributed by atoms with Crippen LogP contribution < -0.4 is 10.3 Å². The van der Waals surface area contributed by atoms with Crippen LogP contribution in [0.2, 0.25) is 0 Å². The van der Waals surface area contributed by atoms with Gasteiger partial charge in [-0.05, 0) is 44.2 Å². The molecule has 2 aromatic rings. The molecular weight excluding hydrogens is 308 g/mol. The number of benzene rings is 1. The predicted molar refractivity (Wildman–Crippen MR) is 95.6 cm³/mol. The van der Waals surface area contributed by atoms with Crippen LogP contribution in [0.25, 0.3) is 0 Å². The van der Waals surface area contributed by atoms with Crippen molar-refractivity contribution in [1.82, 2.24) is 9.97 Å². The highest BCUT2D eigenvalue weighted by Crippen LogP contribution is 2.19. The number of thioether (sulfide) groups is 1. The third-order valence-electron chi connectivity index (χ3n) is 3.41. The molecule has 5 heteroatoms. The molecule has 4 nitrogen and oxygen atoms in total. The average molecular weight is 332 g/mol. The number of rotatable bonds is 7. The number of H-pyrrole nitrogens is 1. The fourth-order valence-electron chi connectivity index (χ4n) is 2.45. The van der Waals surface area contributed by atoms with Gasteiger partial charge in [0, 0.05) is 12.0 Å². The number of aromatic amines is 1. The van der Waals surface area contributed by atoms with Crippen molar-refractivity contribution in [3.8, 4) is 5.75 Å². The Bertz CT molecular complexity index is 710. The minimum atomic E-state index is -0.0389. The number of aromatic nitrogens is 2. The summed E-state index contributed by atoms with van der Waals surface area (Å²) < 4.78 is 5.73. The summed E-state index contributed by atoms with van der Waals surface area (Å²) in [6.45, 7) is 6.10. The van der Waals surface area contributed by atoms with Crippen LogP contribution in [0.15, 0.2) is 34.2 Å². The molecule has 0 bridgehead atoms. The number of aryl methyl sites for hydroxylation is 1. The van der Waals surface area contributed by atoms with E-state index in [2.05, 4.69) is 16.9 Å². The maximum Gasteiger partial charge on any atom is 0.255 e. The quantitative estimate of drug-likeness (QED) is 0.618. The Kier molecular flexibility index (Phi) is 6.28. The lowest BCUT2D eigenvalue weighted by Gasteiger charge is -2.12. The minimum absolute atomic E-state index is 0.0389. The molecule has 2 rings (SSSR count). The number of hydrogen-bond acceptors (Lipinski definition) is 4. The molecule has 0 aliphatic carbocycles. The summed E-state index contributed by atoms with van der Waals surface area (Å²) in [5, 5.41) is 0.680. The van der Waals surface area contributed by atoms with Crippen LogP contribution in [-0.2, 0) is 12.8 Å². The number of hydrogen-bond donors (Lipinski definition) is 1. The van der Waals surface area contributed by atoms with Crippen LogP contribution in [-0.4, -0.2) is 22.3 Å². The van der Waals surface area contributed by atoms with Gasteiger partial charge in [0.1, 0.15) is 5.75 Å². The smallest absolute Gasteiger partial charge is 0.255 e. The molecule has 0 amide bonds. The zero-order chi connectivity index (χ0) is 16.8. The molecule has 23 heavy (non-hydrogen) atoms. The lowest BCUT2D eigenvalue weighted by molar-refractivity contribution is 0.242. The highest BCUT2D eigenvalue weighted by molar-refractivity contribution is 7.98. The van der Waals surface area contributed by atoms with Crippen molar-refractivity contribution >= 4 is 11.8 Å². The number of ether oxygens (including phenoxy) is 1. The maximum absolute atomic E-state index is 12.4. The maximum atomic E-state index is 12.4. The molecule has 1 N–H and O–H groups in total. The molecule has 0 unspecified atom stereocenters. The summed E-state index contributed by atoms with van der Waals surface area (Å²) in [4.78, 5) is 19.9. The van der Waals surface area contributed by atoms with E-state index in [1.54, 1.807) is 0 Å². The lowest BCUT2D eigenvalue weighted by atomic mass is 10.0. The monoisotopic (exact) mass is 332 g/mol. The van der Waals surface area contributed by atoms with Crippen molar-refractivity contribution in [2.45, 2.75) is 51.3 Å². The summed E-state index contributed by atoms with van der Waals surface area (Å²) in [7, 11) is 0. The van der Waals surface area contributed by atoms with Gasteiger partial charge in [-0.2, -0.15) is 0 Å². The standard InChI is InChI=1S/C18H24N2O2S/c1-5-7-16-15(17(21)20-18(19-16)23-4)11-13-8-6-9-14(10-13)22-12(2)3/h6,8-10,12H,5,7,11H2,1-4H3,(H,19,20,21). The molecule has 124 valence electrons. The van der Waals surface area contributed by atoms with E-state index >= 15 is 0 Å². The van der Waals surface area contributed by atoms with Gasteiger partial charge in [0.05, 0.1) is 11.8 Å². The average Bonchev–Trinajstić information content (AvgIpc) is 2.50. The van der Waals surface area contributed by atoms with Gasteiger partial charge < -0.3 is 9.72 Å². The Morgan fingerprint density at radius 2 is 2.13 bits per heavy atom. The third kappa shape index (κ3) is 4.86. The molecule has 1 aromatic heterocycles. The Hall–Kier alpha value is -1.75. The second kappa shape index (κ2) is 8.20. The zero-order valence-electron chi connectivity index (χ0n) is 14.2. The molecule has 0 spiro atoms. The largest absolute Gasteiger partial charge is 0.491 e. The Morgan fingerprint density at radius 1 is 1.35 bits per heavy atom. The molecule has 1 aromatic carbocycles. The normalized spacial score (nSPS) is 11.0. The van der Waals surface area contributed by atoms with Gasteiger partial charge >= 0.3 is 0 Å². The van der Waals surface area contributed by atoms with Gasteiger partial charge in [-0.1, -0.05) is 37.2 Å². The SMILES string of the molecule is CCCc1nc(SC)[nH]c(=O)c1Cc1cccc(OC(C)C)c1. The first kappa shape index (κ1) is 17.6. The summed E-state index contributed by atoms with van der Waals surface area (Å²) in [6, 6.07) is 7.92. The van der Waals surface area contributed by atoms with Crippen molar-refractivity contribution in [3.05, 3.63) is 51.4 Å².